The van der Waals surface area contributed by atoms with Crippen molar-refractivity contribution < 1.29 is 33.7 Å². The predicted octanol–water partition coefficient (Wildman–Crippen LogP) is 4.20. The van der Waals surface area contributed by atoms with Crippen molar-refractivity contribution in [3.8, 4) is 11.5 Å². The van der Waals surface area contributed by atoms with E-state index in [4.69, 9.17) is 14.2 Å². The van der Waals surface area contributed by atoms with E-state index in [2.05, 4.69) is 0 Å². The molecule has 2 aromatic rings. The normalized spacial score (nSPS) is 17.2. The van der Waals surface area contributed by atoms with Crippen molar-refractivity contribution >= 4 is 23.4 Å². The highest BCUT2D eigenvalue weighted by molar-refractivity contribution is 6.46. The van der Waals surface area contributed by atoms with E-state index in [9.17, 15) is 19.5 Å². The number of ether oxygens (including phenoxy) is 3. The number of likely N-dealkylation sites (tertiary alicyclic amines) is 1. The molecule has 186 valence electrons. The van der Waals surface area contributed by atoms with Crippen LogP contribution in [0.5, 0.6) is 11.5 Å². The number of nitrogens with zero attached hydrogens (tertiary/aromatic N) is 1. The van der Waals surface area contributed by atoms with Gasteiger partial charge in [0.15, 0.2) is 0 Å². The molecular formula is C27H31NO7. The smallest absolute Gasteiger partial charge is 0.308 e. The number of carbonyl (C=O) groups is 3. The lowest BCUT2D eigenvalue weighted by Crippen LogP contribution is -2.32. The zero-order valence-electron chi connectivity index (χ0n) is 20.7. The molecule has 1 saturated heterocycles. The van der Waals surface area contributed by atoms with E-state index in [1.54, 1.807) is 42.5 Å². The van der Waals surface area contributed by atoms with E-state index >= 15 is 0 Å². The molecule has 1 unspecified atom stereocenters. The van der Waals surface area contributed by atoms with Crippen molar-refractivity contribution in [2.24, 2.45) is 0 Å². The molecule has 1 fully saturated rings. The van der Waals surface area contributed by atoms with Crippen molar-refractivity contribution in [3.63, 3.8) is 0 Å². The Bertz CT molecular complexity index is 1150. The third-order valence-electron chi connectivity index (χ3n) is 5.72. The Morgan fingerprint density at radius 2 is 1.89 bits per heavy atom. The molecule has 0 spiro atoms. The molecule has 8 nitrogen and oxygen atoms in total. The number of hydrogen-bond donors (Lipinski definition) is 1. The topological polar surface area (TPSA) is 102 Å². The van der Waals surface area contributed by atoms with Gasteiger partial charge in [-0.05, 0) is 54.3 Å². The number of rotatable bonds is 9. The van der Waals surface area contributed by atoms with Gasteiger partial charge in [0.2, 0.25) is 0 Å². The average Bonchev–Trinajstić information content (AvgIpc) is 3.07. The molecule has 1 amide bonds. The summed E-state index contributed by atoms with van der Waals surface area (Å²) in [5, 5.41) is 11.3. The third kappa shape index (κ3) is 5.54. The highest BCUT2D eigenvalue weighted by Gasteiger charge is 2.46. The summed E-state index contributed by atoms with van der Waals surface area (Å²) in [4.78, 5) is 39.0. The van der Waals surface area contributed by atoms with Gasteiger partial charge in [-0.2, -0.15) is 0 Å². The summed E-state index contributed by atoms with van der Waals surface area (Å²) >= 11 is 0. The SMILES string of the molecule is CCOc1ccc(/C(O)=C2\C(=O)C(=O)N(CCOC)C2c2cccc(OC(C)=O)c2)cc1C(C)C. The van der Waals surface area contributed by atoms with Gasteiger partial charge in [0.25, 0.3) is 11.7 Å². The molecule has 0 saturated carbocycles. The number of Topliss-reactive ketones (excluding diaryl/α,β-unsaturated/α-hetero) is 1. The summed E-state index contributed by atoms with van der Waals surface area (Å²) in [6, 6.07) is 10.9. The molecule has 1 atom stereocenters. The number of aliphatic hydroxyl groups is 1. The second kappa shape index (κ2) is 11.2. The van der Waals surface area contributed by atoms with E-state index < -0.39 is 23.7 Å². The van der Waals surface area contributed by atoms with E-state index in [0.717, 1.165) is 5.56 Å². The zero-order chi connectivity index (χ0) is 25.7. The molecule has 0 radical (unpaired) electrons. The lowest BCUT2D eigenvalue weighted by atomic mass is 9.93. The average molecular weight is 482 g/mol. The van der Waals surface area contributed by atoms with Crippen LogP contribution in [-0.2, 0) is 19.1 Å². The molecule has 0 aliphatic carbocycles. The fourth-order valence-electron chi connectivity index (χ4n) is 4.15. The lowest BCUT2D eigenvalue weighted by Gasteiger charge is -2.25. The van der Waals surface area contributed by atoms with Gasteiger partial charge < -0.3 is 24.2 Å². The Hall–Kier alpha value is -3.65. The van der Waals surface area contributed by atoms with Crippen molar-refractivity contribution in [2.45, 2.75) is 39.7 Å². The first-order valence-corrected chi connectivity index (χ1v) is 11.5. The summed E-state index contributed by atoms with van der Waals surface area (Å²) in [7, 11) is 1.50. The first kappa shape index (κ1) is 26.0. The number of aliphatic hydroxyl groups excluding tert-OH is 1. The summed E-state index contributed by atoms with van der Waals surface area (Å²) < 4.78 is 16.0. The highest BCUT2D eigenvalue weighted by atomic mass is 16.5. The molecule has 1 aliphatic heterocycles. The van der Waals surface area contributed by atoms with Crippen molar-refractivity contribution in [3.05, 3.63) is 64.7 Å². The van der Waals surface area contributed by atoms with Crippen LogP contribution >= 0.6 is 0 Å². The largest absolute Gasteiger partial charge is 0.507 e. The standard InChI is InChI=1S/C27H31NO7/c1-6-34-22-11-10-19(15-21(22)16(2)3)25(30)23-24(28(12-13-33-5)27(32)26(23)31)18-8-7-9-20(14-18)35-17(4)29/h7-11,14-16,24,30H,6,12-13H2,1-5H3/b25-23+. The van der Waals surface area contributed by atoms with Crippen LogP contribution in [-0.4, -0.2) is 54.5 Å². The van der Waals surface area contributed by atoms with E-state index in [0.29, 0.717) is 23.5 Å². The molecule has 3 rings (SSSR count). The van der Waals surface area contributed by atoms with Crippen LogP contribution in [0.1, 0.15) is 56.3 Å². The zero-order valence-corrected chi connectivity index (χ0v) is 20.7. The Morgan fingerprint density at radius 3 is 2.51 bits per heavy atom. The Morgan fingerprint density at radius 1 is 1.14 bits per heavy atom. The van der Waals surface area contributed by atoms with Crippen LogP contribution in [0.4, 0.5) is 0 Å². The first-order valence-electron chi connectivity index (χ1n) is 11.5. The third-order valence-corrected chi connectivity index (χ3v) is 5.72. The van der Waals surface area contributed by atoms with Crippen LogP contribution in [0.15, 0.2) is 48.0 Å². The van der Waals surface area contributed by atoms with Crippen molar-refractivity contribution in [2.75, 3.05) is 26.9 Å². The molecule has 8 heteroatoms. The van der Waals surface area contributed by atoms with Gasteiger partial charge in [-0.15, -0.1) is 0 Å². The second-order valence-corrected chi connectivity index (χ2v) is 8.49. The van der Waals surface area contributed by atoms with Gasteiger partial charge in [-0.3, -0.25) is 14.4 Å². The Labute approximate surface area is 205 Å². The van der Waals surface area contributed by atoms with Gasteiger partial charge >= 0.3 is 5.97 Å². The van der Waals surface area contributed by atoms with Gasteiger partial charge in [0.1, 0.15) is 17.3 Å². The van der Waals surface area contributed by atoms with E-state index in [-0.39, 0.29) is 36.2 Å². The van der Waals surface area contributed by atoms with Crippen LogP contribution < -0.4 is 9.47 Å². The minimum absolute atomic E-state index is 0.0371. The number of benzene rings is 2. The van der Waals surface area contributed by atoms with Gasteiger partial charge in [-0.25, -0.2) is 0 Å². The molecule has 0 bridgehead atoms. The monoisotopic (exact) mass is 481 g/mol. The number of carbonyl (C=O) groups excluding carboxylic acids is 3. The van der Waals surface area contributed by atoms with Crippen molar-refractivity contribution in [1.29, 1.82) is 0 Å². The van der Waals surface area contributed by atoms with Crippen LogP contribution in [0, 0.1) is 0 Å². The van der Waals surface area contributed by atoms with E-state index in [1.165, 1.54) is 18.9 Å². The van der Waals surface area contributed by atoms with Gasteiger partial charge in [0, 0.05) is 26.1 Å². The van der Waals surface area contributed by atoms with Gasteiger partial charge in [-0.1, -0.05) is 26.0 Å². The molecule has 1 heterocycles. The maximum atomic E-state index is 13.2. The number of amides is 1. The summed E-state index contributed by atoms with van der Waals surface area (Å²) in [6.07, 6.45) is 0. The quantitative estimate of drug-likeness (QED) is 0.188. The van der Waals surface area contributed by atoms with Gasteiger partial charge in [0.05, 0.1) is 24.8 Å². The predicted molar refractivity (Wildman–Crippen MR) is 130 cm³/mol. The summed E-state index contributed by atoms with van der Waals surface area (Å²) in [5.41, 5.74) is 1.77. The van der Waals surface area contributed by atoms with Crippen molar-refractivity contribution in [1.82, 2.24) is 4.90 Å². The van der Waals surface area contributed by atoms with Crippen LogP contribution in [0.2, 0.25) is 0 Å². The number of methoxy groups -OCH3 is 1. The molecular weight excluding hydrogens is 450 g/mol. The van der Waals surface area contributed by atoms with Crippen LogP contribution in [0.25, 0.3) is 5.76 Å². The minimum atomic E-state index is -0.880. The van der Waals surface area contributed by atoms with Crippen LogP contribution in [0.3, 0.4) is 0 Å². The maximum Gasteiger partial charge on any atom is 0.308 e. The molecule has 0 aromatic heterocycles. The first-order chi connectivity index (χ1) is 16.7. The fourth-order valence-corrected chi connectivity index (χ4v) is 4.15. The molecule has 35 heavy (non-hydrogen) atoms. The number of hydrogen-bond acceptors (Lipinski definition) is 7. The number of esters is 1. The minimum Gasteiger partial charge on any atom is -0.507 e. The molecule has 1 aliphatic rings. The Balaban J connectivity index is 2.18. The fraction of sp³-hybridized carbons (Fsp3) is 0.370. The Kier molecular flexibility index (Phi) is 8.30. The number of ketones is 1. The maximum absolute atomic E-state index is 13.2. The summed E-state index contributed by atoms with van der Waals surface area (Å²) in [5.74, 6) is -1.23. The summed E-state index contributed by atoms with van der Waals surface area (Å²) in [6.45, 7) is 8.03. The molecule has 2 aromatic carbocycles. The lowest BCUT2D eigenvalue weighted by molar-refractivity contribution is -0.140. The molecule has 1 N–H and O–H groups in total. The van der Waals surface area contributed by atoms with E-state index in [1.807, 2.05) is 20.8 Å². The highest BCUT2D eigenvalue weighted by Crippen LogP contribution is 2.41. The second-order valence-electron chi connectivity index (χ2n) is 8.49.